The Hall–Kier alpha value is -1.14. The van der Waals surface area contributed by atoms with Crippen LogP contribution in [-0.4, -0.2) is 45.2 Å². The molecule has 6 nitrogen and oxygen atoms in total. The lowest BCUT2D eigenvalue weighted by Gasteiger charge is -2.35. The topological polar surface area (TPSA) is 71.1 Å². The molecule has 200 valence electrons. The average Bonchev–Trinajstić information content (AvgIpc) is 2.85. The number of ether oxygens (including phenoxy) is 4. The Morgan fingerprint density at radius 2 is 1.12 bits per heavy atom. The van der Waals surface area contributed by atoms with Gasteiger partial charge in [0.15, 0.2) is 0 Å². The van der Waals surface area contributed by atoms with Gasteiger partial charge in [-0.15, -0.1) is 0 Å². The second-order valence-electron chi connectivity index (χ2n) is 10.00. The van der Waals surface area contributed by atoms with E-state index in [0.717, 1.165) is 19.3 Å². The highest BCUT2D eigenvalue weighted by molar-refractivity contribution is 5.72. The van der Waals surface area contributed by atoms with Crippen LogP contribution in [0.3, 0.4) is 0 Å². The molecule has 1 aliphatic rings. The van der Waals surface area contributed by atoms with Crippen LogP contribution in [0.15, 0.2) is 0 Å². The Balaban J connectivity index is 1.85. The molecule has 1 fully saturated rings. The maximum atomic E-state index is 12.0. The van der Waals surface area contributed by atoms with E-state index in [2.05, 4.69) is 6.92 Å². The molecular formula is C28H52O6. The van der Waals surface area contributed by atoms with Gasteiger partial charge in [0.2, 0.25) is 0 Å². The standard InChI is InChI=1S/C28H52O6/c1-3-5-6-7-8-9-10-11-12-13-14-15-16-17-21-33-26(29)19-18-20-27(30)34-24-28(4-2)22-31-25-32-23-28/h3-25H2,1-2H3. The summed E-state index contributed by atoms with van der Waals surface area (Å²) in [6.07, 6.45) is 20.1. The summed E-state index contributed by atoms with van der Waals surface area (Å²) in [7, 11) is 0. The average molecular weight is 485 g/mol. The third-order valence-electron chi connectivity index (χ3n) is 6.80. The smallest absolute Gasteiger partial charge is 0.305 e. The monoisotopic (exact) mass is 484 g/mol. The zero-order valence-corrected chi connectivity index (χ0v) is 22.2. The van der Waals surface area contributed by atoms with Crippen molar-refractivity contribution in [1.82, 2.24) is 0 Å². The molecule has 0 aliphatic carbocycles. The van der Waals surface area contributed by atoms with Crippen LogP contribution in [0.1, 0.15) is 129 Å². The van der Waals surface area contributed by atoms with E-state index < -0.39 is 0 Å². The number of carbonyl (C=O) groups excluding carboxylic acids is 2. The Labute approximate surface area is 208 Å². The zero-order valence-electron chi connectivity index (χ0n) is 22.2. The van der Waals surface area contributed by atoms with E-state index in [0.29, 0.717) is 39.6 Å². The number of hydrogen-bond donors (Lipinski definition) is 0. The normalized spacial score (nSPS) is 15.2. The van der Waals surface area contributed by atoms with Crippen LogP contribution in [0.25, 0.3) is 0 Å². The van der Waals surface area contributed by atoms with Gasteiger partial charge in [0.25, 0.3) is 0 Å². The van der Waals surface area contributed by atoms with Gasteiger partial charge in [-0.1, -0.05) is 97.3 Å². The summed E-state index contributed by atoms with van der Waals surface area (Å²) in [6, 6.07) is 0. The first-order valence-electron chi connectivity index (χ1n) is 14.1. The molecule has 0 atom stereocenters. The van der Waals surface area contributed by atoms with E-state index in [4.69, 9.17) is 18.9 Å². The molecule has 0 radical (unpaired) electrons. The van der Waals surface area contributed by atoms with Crippen LogP contribution in [0.4, 0.5) is 0 Å². The molecule has 0 bridgehead atoms. The van der Waals surface area contributed by atoms with Crippen LogP contribution in [-0.2, 0) is 28.5 Å². The minimum atomic E-state index is -0.279. The van der Waals surface area contributed by atoms with E-state index >= 15 is 0 Å². The van der Waals surface area contributed by atoms with Gasteiger partial charge in [-0.05, 0) is 19.3 Å². The summed E-state index contributed by atoms with van der Waals surface area (Å²) < 4.78 is 21.4. The van der Waals surface area contributed by atoms with Crippen molar-refractivity contribution in [3.05, 3.63) is 0 Å². The Bertz CT molecular complexity index is 501. The molecule has 1 saturated heterocycles. The highest BCUT2D eigenvalue weighted by Crippen LogP contribution is 2.26. The molecule has 0 spiro atoms. The second-order valence-corrected chi connectivity index (χ2v) is 10.00. The molecule has 34 heavy (non-hydrogen) atoms. The predicted octanol–water partition coefficient (Wildman–Crippen LogP) is 7.13. The molecule has 0 aromatic rings. The van der Waals surface area contributed by atoms with E-state index in [9.17, 15) is 9.59 Å². The molecule has 1 aliphatic heterocycles. The number of unbranched alkanes of at least 4 members (excludes halogenated alkanes) is 13. The van der Waals surface area contributed by atoms with Crippen LogP contribution in [0.2, 0.25) is 0 Å². The lowest BCUT2D eigenvalue weighted by atomic mass is 9.87. The Kier molecular flexibility index (Phi) is 19.2. The van der Waals surface area contributed by atoms with Gasteiger partial charge in [0.1, 0.15) is 13.4 Å². The highest BCUT2D eigenvalue weighted by atomic mass is 16.7. The molecular weight excluding hydrogens is 432 g/mol. The molecule has 1 heterocycles. The molecule has 0 aromatic heterocycles. The molecule has 0 N–H and O–H groups in total. The second kappa shape index (κ2) is 21.2. The number of rotatable bonds is 22. The van der Waals surface area contributed by atoms with Gasteiger partial charge in [-0.2, -0.15) is 0 Å². The summed E-state index contributed by atoms with van der Waals surface area (Å²) in [5, 5.41) is 0. The summed E-state index contributed by atoms with van der Waals surface area (Å²) in [5.74, 6) is -0.500. The summed E-state index contributed by atoms with van der Waals surface area (Å²) in [5.41, 5.74) is -0.250. The fourth-order valence-corrected chi connectivity index (χ4v) is 4.24. The lowest BCUT2D eigenvalue weighted by Crippen LogP contribution is -2.41. The van der Waals surface area contributed by atoms with Crippen molar-refractivity contribution in [2.75, 3.05) is 33.2 Å². The highest BCUT2D eigenvalue weighted by Gasteiger charge is 2.33. The first kappa shape index (κ1) is 30.9. The molecule has 0 unspecified atom stereocenters. The molecule has 0 saturated carbocycles. The minimum absolute atomic E-state index is 0.221. The molecule has 0 aromatic carbocycles. The van der Waals surface area contributed by atoms with Crippen molar-refractivity contribution in [2.24, 2.45) is 5.41 Å². The third-order valence-corrected chi connectivity index (χ3v) is 6.80. The first-order chi connectivity index (χ1) is 16.6. The van der Waals surface area contributed by atoms with E-state index in [1.165, 1.54) is 77.0 Å². The maximum absolute atomic E-state index is 12.0. The fourth-order valence-electron chi connectivity index (χ4n) is 4.24. The van der Waals surface area contributed by atoms with Gasteiger partial charge >= 0.3 is 11.9 Å². The number of carbonyl (C=O) groups is 2. The van der Waals surface area contributed by atoms with Gasteiger partial charge < -0.3 is 18.9 Å². The van der Waals surface area contributed by atoms with E-state index in [1.807, 2.05) is 6.92 Å². The van der Waals surface area contributed by atoms with Crippen LogP contribution >= 0.6 is 0 Å². The van der Waals surface area contributed by atoms with Crippen molar-refractivity contribution in [2.45, 2.75) is 129 Å². The van der Waals surface area contributed by atoms with Crippen molar-refractivity contribution in [1.29, 1.82) is 0 Å². The Morgan fingerprint density at radius 1 is 0.647 bits per heavy atom. The quantitative estimate of drug-likeness (QED) is 0.120. The third kappa shape index (κ3) is 16.5. The zero-order chi connectivity index (χ0) is 24.7. The first-order valence-corrected chi connectivity index (χ1v) is 14.1. The van der Waals surface area contributed by atoms with E-state index in [1.54, 1.807) is 0 Å². The van der Waals surface area contributed by atoms with Gasteiger partial charge in [0, 0.05) is 12.8 Å². The fraction of sp³-hybridized carbons (Fsp3) is 0.929. The van der Waals surface area contributed by atoms with Crippen molar-refractivity contribution in [3.8, 4) is 0 Å². The van der Waals surface area contributed by atoms with E-state index in [-0.39, 0.29) is 30.2 Å². The van der Waals surface area contributed by atoms with Crippen LogP contribution in [0, 0.1) is 5.41 Å². The summed E-state index contributed by atoms with van der Waals surface area (Å²) in [4.78, 5) is 23.8. The SMILES string of the molecule is CCCCCCCCCCCCCCCCOC(=O)CCCC(=O)OCC1(CC)COCOC1. The number of hydrogen-bond acceptors (Lipinski definition) is 6. The largest absolute Gasteiger partial charge is 0.466 e. The Morgan fingerprint density at radius 3 is 1.62 bits per heavy atom. The van der Waals surface area contributed by atoms with Crippen LogP contribution in [0.5, 0.6) is 0 Å². The van der Waals surface area contributed by atoms with Crippen LogP contribution < -0.4 is 0 Å². The lowest BCUT2D eigenvalue weighted by molar-refractivity contribution is -0.187. The van der Waals surface area contributed by atoms with Crippen molar-refractivity contribution in [3.63, 3.8) is 0 Å². The molecule has 6 heteroatoms. The summed E-state index contributed by atoms with van der Waals surface area (Å²) >= 11 is 0. The maximum Gasteiger partial charge on any atom is 0.305 e. The van der Waals surface area contributed by atoms with Gasteiger partial charge in [-0.25, -0.2) is 0 Å². The van der Waals surface area contributed by atoms with Crippen molar-refractivity contribution < 1.29 is 28.5 Å². The summed E-state index contributed by atoms with van der Waals surface area (Å²) in [6.45, 7) is 6.48. The minimum Gasteiger partial charge on any atom is -0.466 e. The van der Waals surface area contributed by atoms with Gasteiger partial charge in [0.05, 0.1) is 25.2 Å². The predicted molar refractivity (Wildman–Crippen MR) is 136 cm³/mol. The molecule has 0 amide bonds. The van der Waals surface area contributed by atoms with Gasteiger partial charge in [-0.3, -0.25) is 9.59 Å². The molecule has 1 rings (SSSR count). The number of esters is 2. The van der Waals surface area contributed by atoms with Crippen molar-refractivity contribution >= 4 is 11.9 Å².